The second-order valence-electron chi connectivity index (χ2n) is 3.30. The van der Waals surface area contributed by atoms with Crippen LogP contribution in [-0.2, 0) is 0 Å². The van der Waals surface area contributed by atoms with E-state index in [2.05, 4.69) is 30.6 Å². The van der Waals surface area contributed by atoms with Crippen LogP contribution in [0.4, 0.5) is 13.2 Å². The van der Waals surface area contributed by atoms with E-state index in [0.717, 1.165) is 0 Å². The molecule has 1 heterocycles. The third kappa shape index (κ3) is 3.19. The van der Waals surface area contributed by atoms with Crippen molar-refractivity contribution in [3.05, 3.63) is 41.4 Å². The highest BCUT2D eigenvalue weighted by molar-refractivity contribution is 9.10. The van der Waals surface area contributed by atoms with Gasteiger partial charge < -0.3 is 4.74 Å². The fraction of sp³-hybridized carbons (Fsp3) is 0.0909. The van der Waals surface area contributed by atoms with Crippen LogP contribution in [0.1, 0.15) is 0 Å². The molecule has 7 heteroatoms. The van der Waals surface area contributed by atoms with Crippen LogP contribution in [0.2, 0.25) is 0 Å². The molecule has 0 saturated carbocycles. The van der Waals surface area contributed by atoms with E-state index in [1.54, 1.807) is 6.07 Å². The topological polar surface area (TPSA) is 35.0 Å². The summed E-state index contributed by atoms with van der Waals surface area (Å²) in [7, 11) is 0. The second kappa shape index (κ2) is 4.93. The normalized spacial score (nSPS) is 11.3. The molecule has 94 valence electrons. The molecule has 0 fully saturated rings. The van der Waals surface area contributed by atoms with Crippen molar-refractivity contribution in [1.29, 1.82) is 0 Å². The van der Waals surface area contributed by atoms with E-state index in [1.165, 1.54) is 30.7 Å². The Morgan fingerprint density at radius 2 is 2.00 bits per heavy atom. The molecule has 1 aromatic carbocycles. The molecule has 0 bridgehead atoms. The van der Waals surface area contributed by atoms with Crippen LogP contribution in [0, 0.1) is 0 Å². The summed E-state index contributed by atoms with van der Waals surface area (Å²) >= 11 is 3.20. The van der Waals surface area contributed by atoms with Gasteiger partial charge >= 0.3 is 6.36 Å². The lowest BCUT2D eigenvalue weighted by Gasteiger charge is -2.10. The minimum absolute atomic E-state index is 0.282. The van der Waals surface area contributed by atoms with Gasteiger partial charge in [-0.2, -0.15) is 0 Å². The molecule has 0 N–H and O–H groups in total. The lowest BCUT2D eigenvalue weighted by Crippen LogP contribution is -2.17. The predicted octanol–water partition coefficient (Wildman–Crippen LogP) is 3.80. The van der Waals surface area contributed by atoms with Crippen LogP contribution in [-0.4, -0.2) is 16.3 Å². The lowest BCUT2D eigenvalue weighted by molar-refractivity contribution is -0.274. The van der Waals surface area contributed by atoms with Crippen LogP contribution >= 0.6 is 15.9 Å². The Morgan fingerprint density at radius 3 is 2.67 bits per heavy atom. The summed E-state index contributed by atoms with van der Waals surface area (Å²) in [5, 5.41) is 0. The van der Waals surface area contributed by atoms with Crippen molar-refractivity contribution in [2.24, 2.45) is 0 Å². The van der Waals surface area contributed by atoms with Crippen molar-refractivity contribution in [2.45, 2.75) is 6.36 Å². The van der Waals surface area contributed by atoms with Gasteiger partial charge in [0.15, 0.2) is 0 Å². The predicted molar refractivity (Wildman–Crippen MR) is 61.9 cm³/mol. The van der Waals surface area contributed by atoms with Gasteiger partial charge in [-0.1, -0.05) is 12.1 Å². The first-order chi connectivity index (χ1) is 8.46. The van der Waals surface area contributed by atoms with Crippen molar-refractivity contribution in [1.82, 2.24) is 9.97 Å². The highest BCUT2D eigenvalue weighted by Crippen LogP contribution is 2.30. The van der Waals surface area contributed by atoms with Gasteiger partial charge in [-0.25, -0.2) is 9.97 Å². The molecule has 0 saturated heterocycles. The van der Waals surface area contributed by atoms with Crippen LogP contribution in [0.3, 0.4) is 0 Å². The molecule has 2 rings (SSSR count). The summed E-state index contributed by atoms with van der Waals surface area (Å²) < 4.78 is 40.6. The van der Waals surface area contributed by atoms with Crippen molar-refractivity contribution in [3.8, 4) is 16.9 Å². The molecule has 0 spiro atoms. The van der Waals surface area contributed by atoms with Crippen molar-refractivity contribution < 1.29 is 17.9 Å². The fourth-order valence-electron chi connectivity index (χ4n) is 1.37. The summed E-state index contributed by atoms with van der Waals surface area (Å²) in [6, 6.07) is 5.62. The number of hydrogen-bond donors (Lipinski definition) is 0. The molecular weight excluding hydrogens is 313 g/mol. The zero-order valence-corrected chi connectivity index (χ0v) is 10.4. The third-order valence-electron chi connectivity index (χ3n) is 2.04. The zero-order valence-electron chi connectivity index (χ0n) is 8.78. The minimum Gasteiger partial charge on any atom is -0.406 e. The van der Waals surface area contributed by atoms with Crippen molar-refractivity contribution >= 4 is 15.9 Å². The molecule has 1 aromatic heterocycles. The average molecular weight is 319 g/mol. The highest BCUT2D eigenvalue weighted by atomic mass is 79.9. The first-order valence-corrected chi connectivity index (χ1v) is 5.57. The maximum Gasteiger partial charge on any atom is 0.573 e. The summed E-state index contributed by atoms with van der Waals surface area (Å²) in [4.78, 5) is 7.72. The molecule has 0 atom stereocenters. The summed E-state index contributed by atoms with van der Waals surface area (Å²) in [6.45, 7) is 0. The van der Waals surface area contributed by atoms with Gasteiger partial charge in [0, 0.05) is 11.8 Å². The van der Waals surface area contributed by atoms with Gasteiger partial charge in [0.25, 0.3) is 0 Å². The van der Waals surface area contributed by atoms with Gasteiger partial charge in [0.05, 0.1) is 0 Å². The quantitative estimate of drug-likeness (QED) is 0.790. The third-order valence-corrected chi connectivity index (χ3v) is 2.67. The first kappa shape index (κ1) is 12.8. The van der Waals surface area contributed by atoms with Gasteiger partial charge in [0.2, 0.25) is 0 Å². The molecule has 0 aliphatic rings. The molecule has 3 nitrogen and oxygen atoms in total. The molecular formula is C11H6BrF3N2O. The molecule has 18 heavy (non-hydrogen) atoms. The first-order valence-electron chi connectivity index (χ1n) is 4.77. The van der Waals surface area contributed by atoms with Gasteiger partial charge in [-0.15, -0.1) is 13.2 Å². The molecule has 0 radical (unpaired) electrons. The molecule has 0 unspecified atom stereocenters. The number of halogens is 4. The number of hydrogen-bond acceptors (Lipinski definition) is 3. The van der Waals surface area contributed by atoms with E-state index in [4.69, 9.17) is 0 Å². The zero-order chi connectivity index (χ0) is 13.2. The largest absolute Gasteiger partial charge is 0.573 e. The van der Waals surface area contributed by atoms with Gasteiger partial charge in [0.1, 0.15) is 16.7 Å². The van der Waals surface area contributed by atoms with Gasteiger partial charge in [-0.3, -0.25) is 0 Å². The van der Waals surface area contributed by atoms with Crippen LogP contribution in [0.25, 0.3) is 11.1 Å². The van der Waals surface area contributed by atoms with Crippen LogP contribution < -0.4 is 4.74 Å². The average Bonchev–Trinajstić information content (AvgIpc) is 2.27. The van der Waals surface area contributed by atoms with E-state index < -0.39 is 6.36 Å². The molecule has 2 aromatic rings. The maximum absolute atomic E-state index is 12.1. The number of aromatic nitrogens is 2. The Kier molecular flexibility index (Phi) is 3.51. The van der Waals surface area contributed by atoms with E-state index in [-0.39, 0.29) is 5.75 Å². The van der Waals surface area contributed by atoms with Gasteiger partial charge in [-0.05, 0) is 33.6 Å². The maximum atomic E-state index is 12.1. The van der Waals surface area contributed by atoms with E-state index in [1.807, 2.05) is 0 Å². The number of benzene rings is 1. The minimum atomic E-state index is -4.71. The SMILES string of the molecule is FC(F)(F)Oc1cccc(-c2cncnc2Br)c1. The smallest absolute Gasteiger partial charge is 0.406 e. The summed E-state index contributed by atoms with van der Waals surface area (Å²) in [6.07, 6.45) is -1.86. The standard InChI is InChI=1S/C11H6BrF3N2O/c12-10-9(5-16-6-17-10)7-2-1-3-8(4-7)18-11(13,14)15/h1-6H. The number of nitrogens with zero attached hydrogens (tertiary/aromatic N) is 2. The Hall–Kier alpha value is -1.63. The van der Waals surface area contributed by atoms with Crippen molar-refractivity contribution in [2.75, 3.05) is 0 Å². The summed E-state index contributed by atoms with van der Waals surface area (Å²) in [5.74, 6) is -0.282. The monoisotopic (exact) mass is 318 g/mol. The lowest BCUT2D eigenvalue weighted by atomic mass is 10.1. The molecule has 0 aliphatic heterocycles. The van der Waals surface area contributed by atoms with E-state index >= 15 is 0 Å². The van der Waals surface area contributed by atoms with Crippen molar-refractivity contribution in [3.63, 3.8) is 0 Å². The van der Waals surface area contributed by atoms with Crippen LogP contribution in [0.5, 0.6) is 5.75 Å². The number of rotatable bonds is 2. The Bertz CT molecular complexity index is 560. The Balaban J connectivity index is 2.36. The fourth-order valence-corrected chi connectivity index (χ4v) is 1.79. The Morgan fingerprint density at radius 1 is 1.22 bits per heavy atom. The van der Waals surface area contributed by atoms with E-state index in [9.17, 15) is 13.2 Å². The highest BCUT2D eigenvalue weighted by Gasteiger charge is 2.31. The van der Waals surface area contributed by atoms with Crippen LogP contribution in [0.15, 0.2) is 41.4 Å². The van der Waals surface area contributed by atoms with E-state index in [0.29, 0.717) is 15.7 Å². The Labute approximate surface area is 109 Å². The molecule has 0 amide bonds. The molecule has 0 aliphatic carbocycles. The number of ether oxygens (including phenoxy) is 1. The summed E-state index contributed by atoms with van der Waals surface area (Å²) in [5.41, 5.74) is 1.12. The second-order valence-corrected chi connectivity index (χ2v) is 4.05. The number of alkyl halides is 3.